The molecule has 3 rings (SSSR count). The Labute approximate surface area is 141 Å². The molecule has 1 aromatic carbocycles. The molecule has 0 bridgehead atoms. The van der Waals surface area contributed by atoms with E-state index in [-0.39, 0.29) is 0 Å². The Hall–Kier alpha value is -2.76. The number of rotatable bonds is 5. The summed E-state index contributed by atoms with van der Waals surface area (Å²) >= 11 is 0. The average Bonchev–Trinajstić information content (AvgIpc) is 2.58. The zero-order valence-corrected chi connectivity index (χ0v) is 13.6. The molecule has 126 valence electrons. The molecule has 1 aromatic heterocycles. The second kappa shape index (κ2) is 7.21. The number of aromatic nitrogens is 1. The minimum atomic E-state index is -0.510. The average molecular weight is 325 g/mol. The standard InChI is InChI=1S/C18H23N5O/c19-12-6-8-14(9-7-12)22-18-15(17(20)24)10-11-16(23-18)21-13-4-2-1-3-5-13/h6-11,13H,1-5,19H2,(H2,20,24)(H2,21,22,23). The molecule has 6 N–H and O–H groups in total. The van der Waals surface area contributed by atoms with E-state index >= 15 is 0 Å². The lowest BCUT2D eigenvalue weighted by molar-refractivity contribution is 0.100. The van der Waals surface area contributed by atoms with Crippen LogP contribution in [-0.4, -0.2) is 16.9 Å². The lowest BCUT2D eigenvalue weighted by Crippen LogP contribution is -2.23. The van der Waals surface area contributed by atoms with Gasteiger partial charge in [0.15, 0.2) is 0 Å². The van der Waals surface area contributed by atoms with Crippen LogP contribution < -0.4 is 22.1 Å². The molecule has 1 aliphatic carbocycles. The minimum absolute atomic E-state index is 0.362. The monoisotopic (exact) mass is 325 g/mol. The van der Waals surface area contributed by atoms with Crippen molar-refractivity contribution >= 4 is 28.9 Å². The third-order valence-electron chi connectivity index (χ3n) is 4.29. The van der Waals surface area contributed by atoms with Gasteiger partial charge in [0.2, 0.25) is 0 Å². The van der Waals surface area contributed by atoms with Crippen molar-refractivity contribution in [2.24, 2.45) is 5.73 Å². The summed E-state index contributed by atoms with van der Waals surface area (Å²) in [5.41, 5.74) is 13.0. The third kappa shape index (κ3) is 3.95. The van der Waals surface area contributed by atoms with Gasteiger partial charge in [0.25, 0.3) is 5.91 Å². The number of carbonyl (C=O) groups is 1. The van der Waals surface area contributed by atoms with Crippen molar-refractivity contribution in [1.82, 2.24) is 4.98 Å². The topological polar surface area (TPSA) is 106 Å². The molecule has 2 aromatic rings. The first kappa shape index (κ1) is 16.1. The van der Waals surface area contributed by atoms with Crippen LogP contribution in [0, 0.1) is 0 Å². The number of nitrogens with two attached hydrogens (primary N) is 2. The van der Waals surface area contributed by atoms with E-state index in [4.69, 9.17) is 11.5 Å². The summed E-state index contributed by atoms with van der Waals surface area (Å²) in [4.78, 5) is 16.2. The first-order chi connectivity index (χ1) is 11.6. The number of pyridine rings is 1. The highest BCUT2D eigenvalue weighted by Gasteiger charge is 2.16. The highest BCUT2D eigenvalue weighted by Crippen LogP contribution is 2.24. The van der Waals surface area contributed by atoms with Gasteiger partial charge in [0.1, 0.15) is 11.6 Å². The minimum Gasteiger partial charge on any atom is -0.399 e. The molecule has 0 aliphatic heterocycles. The predicted octanol–water partition coefficient (Wildman–Crippen LogP) is 3.25. The quantitative estimate of drug-likeness (QED) is 0.631. The number of hydrogen-bond acceptors (Lipinski definition) is 5. The highest BCUT2D eigenvalue weighted by atomic mass is 16.1. The van der Waals surface area contributed by atoms with Crippen molar-refractivity contribution in [3.8, 4) is 0 Å². The van der Waals surface area contributed by atoms with Crippen LogP contribution in [0.2, 0.25) is 0 Å². The van der Waals surface area contributed by atoms with Crippen LogP contribution in [0.5, 0.6) is 0 Å². The van der Waals surface area contributed by atoms with Gasteiger partial charge in [-0.25, -0.2) is 4.98 Å². The zero-order chi connectivity index (χ0) is 16.9. The molecule has 0 saturated heterocycles. The summed E-state index contributed by atoms with van der Waals surface area (Å²) in [6.07, 6.45) is 6.09. The number of carbonyl (C=O) groups excluding carboxylic acids is 1. The Morgan fingerprint density at radius 1 is 1.04 bits per heavy atom. The first-order valence-corrected chi connectivity index (χ1v) is 8.32. The van der Waals surface area contributed by atoms with Crippen molar-refractivity contribution in [3.63, 3.8) is 0 Å². The fourth-order valence-electron chi connectivity index (χ4n) is 2.99. The molecular weight excluding hydrogens is 302 g/mol. The molecule has 1 aliphatic rings. The molecule has 24 heavy (non-hydrogen) atoms. The van der Waals surface area contributed by atoms with E-state index in [0.29, 0.717) is 23.1 Å². The summed E-state index contributed by atoms with van der Waals surface area (Å²) in [5, 5.41) is 6.61. The van der Waals surface area contributed by atoms with Gasteiger partial charge in [0.05, 0.1) is 5.56 Å². The molecule has 0 radical (unpaired) electrons. The van der Waals surface area contributed by atoms with E-state index in [1.165, 1.54) is 19.3 Å². The number of hydrogen-bond donors (Lipinski definition) is 4. The van der Waals surface area contributed by atoms with Gasteiger partial charge < -0.3 is 22.1 Å². The molecule has 6 heteroatoms. The number of nitrogens with one attached hydrogen (secondary N) is 2. The van der Waals surface area contributed by atoms with E-state index in [1.807, 2.05) is 18.2 Å². The maximum atomic E-state index is 11.7. The molecular formula is C18H23N5O. The zero-order valence-electron chi connectivity index (χ0n) is 13.6. The molecule has 0 atom stereocenters. The molecule has 0 unspecified atom stereocenters. The fraction of sp³-hybridized carbons (Fsp3) is 0.333. The lowest BCUT2D eigenvalue weighted by Gasteiger charge is -2.23. The van der Waals surface area contributed by atoms with Gasteiger partial charge in [-0.05, 0) is 49.2 Å². The summed E-state index contributed by atoms with van der Waals surface area (Å²) in [6.45, 7) is 0. The second-order valence-corrected chi connectivity index (χ2v) is 6.18. The Morgan fingerprint density at radius 2 is 1.75 bits per heavy atom. The molecule has 6 nitrogen and oxygen atoms in total. The van der Waals surface area contributed by atoms with Crippen LogP contribution in [0.15, 0.2) is 36.4 Å². The Bertz CT molecular complexity index is 708. The molecule has 1 saturated carbocycles. The van der Waals surface area contributed by atoms with Crippen LogP contribution >= 0.6 is 0 Å². The molecule has 1 fully saturated rings. The largest absolute Gasteiger partial charge is 0.399 e. The number of anilines is 4. The summed E-state index contributed by atoms with van der Waals surface area (Å²) in [6, 6.07) is 11.2. The fourth-order valence-corrected chi connectivity index (χ4v) is 2.99. The van der Waals surface area contributed by atoms with E-state index in [9.17, 15) is 4.79 Å². The number of nitrogens with zero attached hydrogens (tertiary/aromatic N) is 1. The normalized spacial score (nSPS) is 15.0. The second-order valence-electron chi connectivity index (χ2n) is 6.18. The Balaban J connectivity index is 1.82. The SMILES string of the molecule is NC(=O)c1ccc(NC2CCCCC2)nc1Nc1ccc(N)cc1. The van der Waals surface area contributed by atoms with Crippen LogP contribution in [0.25, 0.3) is 0 Å². The van der Waals surface area contributed by atoms with Gasteiger partial charge in [-0.3, -0.25) is 4.79 Å². The van der Waals surface area contributed by atoms with Gasteiger partial charge in [-0.2, -0.15) is 0 Å². The first-order valence-electron chi connectivity index (χ1n) is 8.32. The third-order valence-corrected chi connectivity index (χ3v) is 4.29. The van der Waals surface area contributed by atoms with Crippen LogP contribution in [0.3, 0.4) is 0 Å². The Kier molecular flexibility index (Phi) is 4.84. The smallest absolute Gasteiger partial charge is 0.252 e. The summed E-state index contributed by atoms with van der Waals surface area (Å²) in [5.74, 6) is 0.697. The van der Waals surface area contributed by atoms with Crippen molar-refractivity contribution in [1.29, 1.82) is 0 Å². The van der Waals surface area contributed by atoms with E-state index < -0.39 is 5.91 Å². The van der Waals surface area contributed by atoms with Crippen LogP contribution in [0.4, 0.5) is 23.0 Å². The van der Waals surface area contributed by atoms with Gasteiger partial charge in [-0.1, -0.05) is 19.3 Å². The molecule has 1 heterocycles. The van der Waals surface area contributed by atoms with Crippen LogP contribution in [0.1, 0.15) is 42.5 Å². The van der Waals surface area contributed by atoms with Crippen molar-refractivity contribution in [2.45, 2.75) is 38.1 Å². The molecule has 0 spiro atoms. The number of nitrogen functional groups attached to an aromatic ring is 1. The van der Waals surface area contributed by atoms with Gasteiger partial charge in [-0.15, -0.1) is 0 Å². The van der Waals surface area contributed by atoms with Gasteiger partial charge in [0, 0.05) is 17.4 Å². The maximum absolute atomic E-state index is 11.7. The maximum Gasteiger partial charge on any atom is 0.252 e. The Morgan fingerprint density at radius 3 is 2.42 bits per heavy atom. The molecule has 1 amide bonds. The predicted molar refractivity (Wildman–Crippen MR) is 97.4 cm³/mol. The lowest BCUT2D eigenvalue weighted by atomic mass is 9.95. The van der Waals surface area contributed by atoms with Crippen molar-refractivity contribution in [2.75, 3.05) is 16.4 Å². The van der Waals surface area contributed by atoms with E-state index in [2.05, 4.69) is 15.6 Å². The number of benzene rings is 1. The summed E-state index contributed by atoms with van der Waals surface area (Å²) in [7, 11) is 0. The van der Waals surface area contributed by atoms with E-state index in [1.54, 1.807) is 18.2 Å². The van der Waals surface area contributed by atoms with Crippen molar-refractivity contribution < 1.29 is 4.79 Å². The van der Waals surface area contributed by atoms with Gasteiger partial charge >= 0.3 is 0 Å². The van der Waals surface area contributed by atoms with Crippen molar-refractivity contribution in [3.05, 3.63) is 42.0 Å². The number of primary amides is 1. The van der Waals surface area contributed by atoms with Crippen LogP contribution in [-0.2, 0) is 0 Å². The number of amides is 1. The van der Waals surface area contributed by atoms with E-state index in [0.717, 1.165) is 24.3 Å². The highest BCUT2D eigenvalue weighted by molar-refractivity contribution is 5.98. The summed E-state index contributed by atoms with van der Waals surface area (Å²) < 4.78 is 0.